The van der Waals surface area contributed by atoms with Crippen LogP contribution in [-0.2, 0) is 0 Å². The lowest BCUT2D eigenvalue weighted by atomic mass is 10.0. The number of ether oxygens (including phenoxy) is 1. The van der Waals surface area contributed by atoms with Crippen molar-refractivity contribution in [2.75, 3.05) is 0 Å². The first-order valence-corrected chi connectivity index (χ1v) is 7.33. The van der Waals surface area contributed by atoms with Gasteiger partial charge in [-0.3, -0.25) is 0 Å². The second kappa shape index (κ2) is 5.47. The van der Waals surface area contributed by atoms with Crippen LogP contribution in [0, 0.1) is 0 Å². The number of benzene rings is 2. The third-order valence-corrected chi connectivity index (χ3v) is 3.83. The molecule has 20 heavy (non-hydrogen) atoms. The fourth-order valence-electron chi connectivity index (χ4n) is 2.18. The summed E-state index contributed by atoms with van der Waals surface area (Å²) >= 11 is 6.28. The minimum atomic E-state index is -0.0501. The zero-order valence-electron chi connectivity index (χ0n) is 11.5. The van der Waals surface area contributed by atoms with Crippen LogP contribution in [0.15, 0.2) is 42.5 Å². The molecule has 0 spiro atoms. The first-order chi connectivity index (χ1) is 9.63. The largest absolute Gasteiger partial charge is 0.490 e. The zero-order valence-corrected chi connectivity index (χ0v) is 12.2. The van der Waals surface area contributed by atoms with Gasteiger partial charge in [0.2, 0.25) is 0 Å². The summed E-state index contributed by atoms with van der Waals surface area (Å²) in [5.41, 5.74) is 9.08. The third-order valence-electron chi connectivity index (χ3n) is 3.51. The average Bonchev–Trinajstić information content (AvgIpc) is 3.23. The average molecular weight is 288 g/mol. The molecule has 0 saturated heterocycles. The molecule has 3 heteroatoms. The molecular weight excluding hydrogens is 270 g/mol. The van der Waals surface area contributed by atoms with Gasteiger partial charge >= 0.3 is 0 Å². The standard InChI is InChI=1S/C17H18ClNO/c1-11(19)16-9-4-13(10-17(16)18)12-2-5-14(6-3-12)20-15-7-8-15/h2-6,9-11,15H,7-8,19H2,1H3. The predicted molar refractivity (Wildman–Crippen MR) is 83.1 cm³/mol. The van der Waals surface area contributed by atoms with Gasteiger partial charge in [0.05, 0.1) is 6.10 Å². The lowest BCUT2D eigenvalue weighted by molar-refractivity contribution is 0.303. The van der Waals surface area contributed by atoms with Crippen LogP contribution < -0.4 is 10.5 Å². The van der Waals surface area contributed by atoms with Gasteiger partial charge in [0, 0.05) is 11.1 Å². The van der Waals surface area contributed by atoms with E-state index in [0.29, 0.717) is 6.10 Å². The number of hydrogen-bond donors (Lipinski definition) is 1. The van der Waals surface area contributed by atoms with E-state index in [0.717, 1.165) is 27.5 Å². The Kier molecular flexibility index (Phi) is 3.68. The number of hydrogen-bond acceptors (Lipinski definition) is 2. The number of halogens is 1. The Labute approximate surface area is 124 Å². The van der Waals surface area contributed by atoms with E-state index in [-0.39, 0.29) is 6.04 Å². The Balaban J connectivity index is 1.82. The van der Waals surface area contributed by atoms with Crippen LogP contribution in [0.4, 0.5) is 0 Å². The van der Waals surface area contributed by atoms with Gasteiger partial charge in [-0.15, -0.1) is 0 Å². The molecule has 0 aliphatic heterocycles. The van der Waals surface area contributed by atoms with Gasteiger partial charge in [-0.1, -0.05) is 35.9 Å². The fraction of sp³-hybridized carbons (Fsp3) is 0.294. The molecule has 0 amide bonds. The highest BCUT2D eigenvalue weighted by molar-refractivity contribution is 6.31. The molecule has 1 aliphatic rings. The van der Waals surface area contributed by atoms with Crippen molar-refractivity contribution in [3.8, 4) is 16.9 Å². The van der Waals surface area contributed by atoms with Crippen LogP contribution in [0.5, 0.6) is 5.75 Å². The Morgan fingerprint density at radius 3 is 2.30 bits per heavy atom. The Hall–Kier alpha value is -1.51. The summed E-state index contributed by atoms with van der Waals surface area (Å²) in [5.74, 6) is 0.939. The summed E-state index contributed by atoms with van der Waals surface area (Å²) in [6, 6.07) is 14.1. The summed E-state index contributed by atoms with van der Waals surface area (Å²) in [5, 5.41) is 0.718. The molecule has 1 aliphatic carbocycles. The van der Waals surface area contributed by atoms with Crippen molar-refractivity contribution in [2.24, 2.45) is 5.73 Å². The normalized spacial score (nSPS) is 15.9. The quantitative estimate of drug-likeness (QED) is 0.894. The zero-order chi connectivity index (χ0) is 14.1. The Morgan fingerprint density at radius 2 is 1.75 bits per heavy atom. The summed E-state index contributed by atoms with van der Waals surface area (Å²) in [6.07, 6.45) is 2.78. The molecule has 0 bridgehead atoms. The van der Waals surface area contributed by atoms with E-state index in [2.05, 4.69) is 18.2 Å². The van der Waals surface area contributed by atoms with E-state index in [9.17, 15) is 0 Å². The third kappa shape index (κ3) is 2.97. The van der Waals surface area contributed by atoms with Crippen molar-refractivity contribution in [1.82, 2.24) is 0 Å². The molecule has 104 valence electrons. The highest BCUT2D eigenvalue weighted by atomic mass is 35.5. The first-order valence-electron chi connectivity index (χ1n) is 6.95. The molecule has 1 fully saturated rings. The second-order valence-corrected chi connectivity index (χ2v) is 5.77. The molecule has 2 N–H and O–H groups in total. The molecule has 1 saturated carbocycles. The maximum absolute atomic E-state index is 6.28. The smallest absolute Gasteiger partial charge is 0.119 e. The van der Waals surface area contributed by atoms with E-state index in [1.807, 2.05) is 31.2 Å². The van der Waals surface area contributed by atoms with Crippen molar-refractivity contribution in [2.45, 2.75) is 31.9 Å². The minimum absolute atomic E-state index is 0.0501. The lowest BCUT2D eigenvalue weighted by Gasteiger charge is -2.11. The highest BCUT2D eigenvalue weighted by Gasteiger charge is 2.23. The molecule has 2 aromatic carbocycles. The maximum atomic E-state index is 6.28. The van der Waals surface area contributed by atoms with E-state index in [1.165, 1.54) is 12.8 Å². The summed E-state index contributed by atoms with van der Waals surface area (Å²) < 4.78 is 5.75. The van der Waals surface area contributed by atoms with Crippen LogP contribution in [-0.4, -0.2) is 6.10 Å². The number of nitrogens with two attached hydrogens (primary N) is 1. The van der Waals surface area contributed by atoms with Crippen molar-refractivity contribution in [3.63, 3.8) is 0 Å². The fourth-order valence-corrected chi connectivity index (χ4v) is 2.53. The molecule has 2 nitrogen and oxygen atoms in total. The van der Waals surface area contributed by atoms with E-state index < -0.39 is 0 Å². The molecule has 3 rings (SSSR count). The molecular formula is C17H18ClNO. The minimum Gasteiger partial charge on any atom is -0.490 e. The van der Waals surface area contributed by atoms with Gasteiger partial charge in [-0.05, 0) is 54.7 Å². The molecule has 1 atom stereocenters. The van der Waals surface area contributed by atoms with Crippen molar-refractivity contribution in [3.05, 3.63) is 53.1 Å². The van der Waals surface area contributed by atoms with Crippen molar-refractivity contribution >= 4 is 11.6 Å². The van der Waals surface area contributed by atoms with E-state index in [1.54, 1.807) is 0 Å². The summed E-state index contributed by atoms with van der Waals surface area (Å²) in [6.45, 7) is 1.94. The molecule has 2 aromatic rings. The highest BCUT2D eigenvalue weighted by Crippen LogP contribution is 2.31. The molecule has 0 radical (unpaired) electrons. The van der Waals surface area contributed by atoms with E-state index >= 15 is 0 Å². The summed E-state index contributed by atoms with van der Waals surface area (Å²) in [4.78, 5) is 0. The predicted octanol–water partition coefficient (Wildman–Crippen LogP) is 4.57. The first kappa shape index (κ1) is 13.5. The van der Waals surface area contributed by atoms with Gasteiger partial charge in [-0.2, -0.15) is 0 Å². The van der Waals surface area contributed by atoms with E-state index in [4.69, 9.17) is 22.1 Å². The second-order valence-electron chi connectivity index (χ2n) is 5.37. The van der Waals surface area contributed by atoms with Gasteiger partial charge < -0.3 is 10.5 Å². The Morgan fingerprint density at radius 1 is 1.10 bits per heavy atom. The van der Waals surface area contributed by atoms with Gasteiger partial charge in [0.15, 0.2) is 0 Å². The lowest BCUT2D eigenvalue weighted by Crippen LogP contribution is -2.05. The maximum Gasteiger partial charge on any atom is 0.119 e. The van der Waals surface area contributed by atoms with Crippen LogP contribution in [0.1, 0.15) is 31.4 Å². The van der Waals surface area contributed by atoms with Crippen LogP contribution >= 0.6 is 11.6 Å². The molecule has 0 heterocycles. The molecule has 1 unspecified atom stereocenters. The molecule has 0 aromatic heterocycles. The SMILES string of the molecule is CC(N)c1ccc(-c2ccc(OC3CC3)cc2)cc1Cl. The van der Waals surface area contributed by atoms with Crippen LogP contribution in [0.25, 0.3) is 11.1 Å². The van der Waals surface area contributed by atoms with Gasteiger partial charge in [0.25, 0.3) is 0 Å². The monoisotopic (exact) mass is 287 g/mol. The Bertz CT molecular complexity index is 603. The van der Waals surface area contributed by atoms with Crippen molar-refractivity contribution < 1.29 is 4.74 Å². The topological polar surface area (TPSA) is 35.2 Å². The number of rotatable bonds is 4. The van der Waals surface area contributed by atoms with Gasteiger partial charge in [0.1, 0.15) is 5.75 Å². The summed E-state index contributed by atoms with van der Waals surface area (Å²) in [7, 11) is 0. The van der Waals surface area contributed by atoms with Crippen molar-refractivity contribution in [1.29, 1.82) is 0 Å². The van der Waals surface area contributed by atoms with Gasteiger partial charge in [-0.25, -0.2) is 0 Å². The van der Waals surface area contributed by atoms with Crippen LogP contribution in [0.3, 0.4) is 0 Å². The van der Waals surface area contributed by atoms with Crippen LogP contribution in [0.2, 0.25) is 5.02 Å².